The van der Waals surface area contributed by atoms with Gasteiger partial charge in [-0.2, -0.15) is 0 Å². The molecule has 10 atom stereocenters. The van der Waals surface area contributed by atoms with E-state index >= 15 is 0 Å². The average molecular weight is 1870 g/mol. The van der Waals surface area contributed by atoms with Gasteiger partial charge in [0, 0.05) is 115 Å². The maximum atomic E-state index is 14.5. The Bertz CT molecular complexity index is 6770. The summed E-state index contributed by atoms with van der Waals surface area (Å²) in [7, 11) is 6.49. The Morgan fingerprint density at radius 1 is 0.223 bits per heavy atom. The van der Waals surface area contributed by atoms with Crippen molar-refractivity contribution in [1.29, 1.82) is 0 Å². The molecule has 20 rings (SSSR count). The van der Waals surface area contributed by atoms with Crippen molar-refractivity contribution in [3.8, 4) is 109 Å². The van der Waals surface area contributed by atoms with Crippen LogP contribution in [0.4, 0.5) is 8.78 Å². The van der Waals surface area contributed by atoms with Crippen molar-refractivity contribution in [2.24, 2.45) is 0 Å². The molecule has 139 heavy (non-hydrogen) atoms. The number of phenolic OH excluding ortho intramolecular Hbond substituents is 10. The summed E-state index contributed by atoms with van der Waals surface area (Å²) in [6.07, 6.45) is 0. The monoisotopic (exact) mass is 1870 g/mol. The van der Waals surface area contributed by atoms with Gasteiger partial charge < -0.3 is 93.7 Å². The predicted octanol–water partition coefficient (Wildman–Crippen LogP) is 25.1. The minimum atomic E-state index is -0.423. The second-order valence-electron chi connectivity index (χ2n) is 36.2. The largest absolute Gasteiger partial charge is 0.508 e. The molecule has 5 heterocycles. The zero-order chi connectivity index (χ0) is 98.5. The van der Waals surface area contributed by atoms with E-state index in [1.807, 2.05) is 156 Å². The van der Waals surface area contributed by atoms with Crippen molar-refractivity contribution in [3.05, 3.63) is 418 Å². The molecule has 5 aliphatic heterocycles. The number of methoxy groups -OCH3 is 4. The van der Waals surface area contributed by atoms with Gasteiger partial charge in [-0.15, -0.1) is 0 Å². The highest BCUT2D eigenvalue weighted by atomic mass is 19.1. The van der Waals surface area contributed by atoms with Crippen molar-refractivity contribution in [2.45, 2.75) is 121 Å². The number of aromatic hydroxyl groups is 10. The molecule has 5 aliphatic rings. The lowest BCUT2D eigenvalue weighted by molar-refractivity contribution is 0.245. The van der Waals surface area contributed by atoms with Gasteiger partial charge in [0.25, 0.3) is 0 Å². The lowest BCUT2D eigenvalue weighted by Gasteiger charge is -2.36. The van der Waals surface area contributed by atoms with Crippen molar-refractivity contribution in [2.75, 3.05) is 61.5 Å². The highest BCUT2D eigenvalue weighted by molar-refractivity contribution is 5.63. The van der Waals surface area contributed by atoms with Crippen LogP contribution in [0.2, 0.25) is 0 Å². The third-order valence-electron chi connectivity index (χ3n) is 27.6. The summed E-state index contributed by atoms with van der Waals surface area (Å²) >= 11 is 0. The fourth-order valence-corrected chi connectivity index (χ4v) is 20.4. The van der Waals surface area contributed by atoms with E-state index in [9.17, 15) is 59.8 Å². The van der Waals surface area contributed by atoms with E-state index in [1.54, 1.807) is 138 Å². The van der Waals surface area contributed by atoms with Crippen molar-refractivity contribution in [1.82, 2.24) is 0 Å². The Labute approximate surface area is 808 Å². The van der Waals surface area contributed by atoms with E-state index in [1.165, 1.54) is 35.9 Å². The van der Waals surface area contributed by atoms with Crippen LogP contribution in [-0.2, 0) is 0 Å². The Kier molecular flexibility index (Phi) is 28.8. The molecule has 0 saturated heterocycles. The number of rotatable bonds is 14. The summed E-state index contributed by atoms with van der Waals surface area (Å²) in [6.45, 7) is 19.7. The van der Waals surface area contributed by atoms with Crippen LogP contribution < -0.4 is 42.6 Å². The molecule has 0 unspecified atom stereocenters. The van der Waals surface area contributed by atoms with Gasteiger partial charge in [-0.05, 0) is 267 Å². The summed E-state index contributed by atoms with van der Waals surface area (Å²) in [4.78, 5) is 0. The summed E-state index contributed by atoms with van der Waals surface area (Å²) in [6, 6.07) is 82.8. The Balaban J connectivity index is 0.000000125. The smallest absolute Gasteiger partial charge is 0.165 e. The van der Waals surface area contributed by atoms with Crippen molar-refractivity contribution < 1.29 is 102 Å². The quantitative estimate of drug-likeness (QED) is 0.0484. The number of hydrogen-bond donors (Lipinski definition) is 10. The highest BCUT2D eigenvalue weighted by Gasteiger charge is 2.42. The van der Waals surface area contributed by atoms with Gasteiger partial charge in [0.05, 0.1) is 61.5 Å². The molecule has 10 N–H and O–H groups in total. The molecule has 0 radical (unpaired) electrons. The van der Waals surface area contributed by atoms with E-state index in [-0.39, 0.29) is 128 Å². The standard InChI is InChI=1S/C25H26O4.C24H24O4.C23H21FO4.C23H21FO3.C23H22O4/c1-14-11-18(12-15(2)24(14)28-4)23-20-9-10-22(27)16(3)25(20)29-13-21(23)17-5-7-19(26)8-6-17;1-14-12-17(6-11-22(14)27-3)23-19-9-10-21(26)15(2)24(19)28-13-20(23)16-4-7-18(25)8-5-16;1-13-20(26)9-8-17-22(15-5-10-21(27-2)19(24)11-15)18(12-28-23(13)17)14-3-6-16(25)7-4-14;1-13-11-16(5-9-20(13)24)22-18-8-10-21(26)14(2)23(18)27-12-19(22)15-3-6-17(25)7-4-15;1-14-11-16(5-10-21(14)26-2)23-19-9-8-18(25)12-22(19)27-13-20(23)15-3-6-17(24)7-4-15/h5-12,21,23,26-27H,13H2,1-4H3;4-12,20,23,25-26H,13H2,1-3H3;3-11,18,22,25-26H,12H2,1-2H3;3-11,19,22,25-26H,12H2,1-2H3;3-12,20,23-25H,13H2,1-2H3/t21-,23-;20-,23-;18-,22-;19-,22-;20-,23-/m00001/s1. The van der Waals surface area contributed by atoms with Crippen LogP contribution in [-0.4, -0.2) is 113 Å². The second-order valence-corrected chi connectivity index (χ2v) is 36.2. The van der Waals surface area contributed by atoms with Gasteiger partial charge in [-0.1, -0.05) is 146 Å². The fraction of sp³-hybridized carbons (Fsp3) is 0.237. The molecule has 0 aliphatic carbocycles. The lowest BCUT2D eigenvalue weighted by atomic mass is 9.74. The van der Waals surface area contributed by atoms with Gasteiger partial charge in [0.2, 0.25) is 0 Å². The Hall–Kier alpha value is -15.6. The van der Waals surface area contributed by atoms with Crippen molar-refractivity contribution >= 4 is 0 Å². The zero-order valence-electron chi connectivity index (χ0n) is 79.7. The summed E-state index contributed by atoms with van der Waals surface area (Å²) in [5.74, 6) is 8.10. The third kappa shape index (κ3) is 20.2. The van der Waals surface area contributed by atoms with Gasteiger partial charge in [-0.3, -0.25) is 0 Å². The summed E-state index contributed by atoms with van der Waals surface area (Å²) < 4.78 is 80.1. The van der Waals surface area contributed by atoms with Crippen LogP contribution >= 0.6 is 0 Å². The third-order valence-corrected chi connectivity index (χ3v) is 27.6. The molecule has 0 amide bonds. The van der Waals surface area contributed by atoms with E-state index in [0.717, 1.165) is 129 Å². The molecule has 714 valence electrons. The van der Waals surface area contributed by atoms with Crippen LogP contribution in [0, 0.1) is 73.9 Å². The molecule has 0 spiro atoms. The molecule has 0 saturated carbocycles. The van der Waals surface area contributed by atoms with Gasteiger partial charge in [0.1, 0.15) is 109 Å². The first-order valence-electron chi connectivity index (χ1n) is 46.2. The molecule has 19 nitrogen and oxygen atoms in total. The Morgan fingerprint density at radius 3 is 0.770 bits per heavy atom. The average Bonchev–Trinajstić information content (AvgIpc) is 0.798. The predicted molar refractivity (Wildman–Crippen MR) is 532 cm³/mol. The number of halogens is 2. The summed E-state index contributed by atoms with van der Waals surface area (Å²) in [5.41, 5.74) is 23.5. The van der Waals surface area contributed by atoms with Crippen LogP contribution in [0.5, 0.6) is 109 Å². The molecule has 21 heteroatoms. The van der Waals surface area contributed by atoms with E-state index in [4.69, 9.17) is 42.6 Å². The Morgan fingerprint density at radius 2 is 0.475 bits per heavy atom. The zero-order valence-corrected chi connectivity index (χ0v) is 79.7. The molecular formula is C118H114F2O19. The minimum Gasteiger partial charge on any atom is -0.508 e. The first-order valence-corrected chi connectivity index (χ1v) is 46.2. The second kappa shape index (κ2) is 41.5. The number of phenols is 10. The van der Waals surface area contributed by atoms with E-state index in [2.05, 4.69) is 50.2 Å². The number of aryl methyl sites for hydroxylation is 5. The summed E-state index contributed by atoms with van der Waals surface area (Å²) in [5, 5.41) is 98.6. The molecular weight excluding hydrogens is 1760 g/mol. The fourth-order valence-electron chi connectivity index (χ4n) is 20.4. The van der Waals surface area contributed by atoms with Gasteiger partial charge >= 0.3 is 0 Å². The van der Waals surface area contributed by atoms with Crippen LogP contribution in [0.15, 0.2) is 273 Å². The van der Waals surface area contributed by atoms with Crippen LogP contribution in [0.3, 0.4) is 0 Å². The number of benzene rings is 15. The first-order chi connectivity index (χ1) is 66.9. The van der Waals surface area contributed by atoms with Gasteiger partial charge in [0.15, 0.2) is 11.6 Å². The lowest BCUT2D eigenvalue weighted by Crippen LogP contribution is -2.26. The minimum absolute atomic E-state index is 0.00639. The molecule has 0 fully saturated rings. The first kappa shape index (κ1) is 96.5. The van der Waals surface area contributed by atoms with Crippen LogP contribution in [0.1, 0.15) is 193 Å². The highest BCUT2D eigenvalue weighted by Crippen LogP contribution is 2.56. The molecule has 15 aromatic carbocycles. The molecule has 0 bridgehead atoms. The SMILES string of the molecule is COc1c(C)cc([C@H]2c3ccc(O)c(C)c3OC[C@H]2c2ccc(O)cc2)cc1C.COc1ccc([C@@H]2c3ccc(O)cc3OC[C@@H]2c2ccc(O)cc2)cc1C.COc1ccc([C@H]2c3ccc(O)c(C)c3OC[C@H]2c2ccc(O)cc2)cc1C.COc1ccc([C@H]2c3ccc(O)c(C)c3OC[C@H]2c2ccc(O)cc2)cc1F.Cc1cc([C@H]2c3ccc(O)c(C)c3OC[C@H]2c2ccc(O)cc2)ccc1F. The van der Waals surface area contributed by atoms with E-state index in [0.29, 0.717) is 67.0 Å². The normalized spacial score (nSPS) is 18.3. The maximum absolute atomic E-state index is 14.5. The van der Waals surface area contributed by atoms with Gasteiger partial charge in [-0.25, -0.2) is 8.78 Å². The molecule has 0 aromatic heterocycles. The van der Waals surface area contributed by atoms with Crippen LogP contribution in [0.25, 0.3) is 0 Å². The number of ether oxygens (including phenoxy) is 9. The van der Waals surface area contributed by atoms with E-state index < -0.39 is 5.82 Å². The molecule has 15 aromatic rings. The van der Waals surface area contributed by atoms with Crippen molar-refractivity contribution in [3.63, 3.8) is 0 Å². The number of hydrogen-bond acceptors (Lipinski definition) is 19. The topological polar surface area (TPSA) is 285 Å². The number of fused-ring (bicyclic) bond motifs is 5. The maximum Gasteiger partial charge on any atom is 0.165 e.